The first-order valence-corrected chi connectivity index (χ1v) is 6.33. The minimum Gasteiger partial charge on any atom is -0.322 e. The maximum absolute atomic E-state index is 13.6. The fourth-order valence-electron chi connectivity index (χ4n) is 1.74. The number of carbonyl (C=O) groups excluding carboxylic acids is 1. The van der Waals surface area contributed by atoms with Crippen molar-refractivity contribution < 1.29 is 9.18 Å². The van der Waals surface area contributed by atoms with Crippen LogP contribution in [0.3, 0.4) is 0 Å². The lowest BCUT2D eigenvalue weighted by Gasteiger charge is -2.07. The van der Waals surface area contributed by atoms with Crippen LogP contribution in [0.1, 0.15) is 22.8 Å². The Kier molecular flexibility index (Phi) is 4.17. The molecule has 2 nitrogen and oxygen atoms in total. The minimum absolute atomic E-state index is 0.0219. The van der Waals surface area contributed by atoms with E-state index in [0.29, 0.717) is 5.69 Å². The fraction of sp³-hybridized carbons (Fsp3) is 0.133. The number of benzene rings is 2. The summed E-state index contributed by atoms with van der Waals surface area (Å²) in [5.41, 5.74) is 1.74. The smallest absolute Gasteiger partial charge is 0.258 e. The molecule has 0 atom stereocenters. The standard InChI is InChI=1S/C15H13ClFNO/c1-2-10-4-3-5-12(8-10)18-15(19)13-7-6-11(16)9-14(13)17/h3-9H,2H2,1H3,(H,18,19). The zero-order chi connectivity index (χ0) is 13.8. The molecule has 2 rings (SSSR count). The molecule has 4 heteroatoms. The molecule has 0 aliphatic carbocycles. The molecule has 2 aromatic rings. The van der Waals surface area contributed by atoms with Crippen molar-refractivity contribution in [1.29, 1.82) is 0 Å². The summed E-state index contributed by atoms with van der Waals surface area (Å²) in [5.74, 6) is -1.11. The number of rotatable bonds is 3. The van der Waals surface area contributed by atoms with Crippen molar-refractivity contribution in [3.05, 3.63) is 64.4 Å². The van der Waals surface area contributed by atoms with Crippen LogP contribution in [0.5, 0.6) is 0 Å². The average Bonchev–Trinajstić information content (AvgIpc) is 2.38. The molecule has 0 saturated heterocycles. The zero-order valence-electron chi connectivity index (χ0n) is 10.4. The van der Waals surface area contributed by atoms with E-state index in [0.717, 1.165) is 18.1 Å². The van der Waals surface area contributed by atoms with Gasteiger partial charge in [-0.1, -0.05) is 30.7 Å². The molecule has 2 aromatic carbocycles. The highest BCUT2D eigenvalue weighted by Gasteiger charge is 2.12. The van der Waals surface area contributed by atoms with Crippen molar-refractivity contribution in [1.82, 2.24) is 0 Å². The maximum Gasteiger partial charge on any atom is 0.258 e. The van der Waals surface area contributed by atoms with Gasteiger partial charge in [-0.05, 0) is 42.3 Å². The third-order valence-electron chi connectivity index (χ3n) is 2.77. The molecule has 0 saturated carbocycles. The van der Waals surface area contributed by atoms with Crippen LogP contribution in [0.15, 0.2) is 42.5 Å². The predicted molar refractivity (Wildman–Crippen MR) is 75.2 cm³/mol. The molecular formula is C15H13ClFNO. The summed E-state index contributed by atoms with van der Waals surface area (Å²) in [7, 11) is 0. The Labute approximate surface area is 116 Å². The molecule has 1 N–H and O–H groups in total. The van der Waals surface area contributed by atoms with Crippen molar-refractivity contribution in [3.63, 3.8) is 0 Å². The molecule has 0 radical (unpaired) electrons. The van der Waals surface area contributed by atoms with Crippen molar-refractivity contribution in [2.45, 2.75) is 13.3 Å². The predicted octanol–water partition coefficient (Wildman–Crippen LogP) is 4.29. The normalized spacial score (nSPS) is 10.3. The number of carbonyl (C=O) groups is 1. The van der Waals surface area contributed by atoms with E-state index in [1.165, 1.54) is 12.1 Å². The molecule has 98 valence electrons. The van der Waals surface area contributed by atoms with Gasteiger partial charge in [-0.2, -0.15) is 0 Å². The summed E-state index contributed by atoms with van der Waals surface area (Å²) < 4.78 is 13.6. The van der Waals surface area contributed by atoms with E-state index in [9.17, 15) is 9.18 Å². The van der Waals surface area contributed by atoms with Crippen molar-refractivity contribution >= 4 is 23.2 Å². The van der Waals surface area contributed by atoms with Gasteiger partial charge in [0, 0.05) is 10.7 Å². The first kappa shape index (κ1) is 13.6. The Hall–Kier alpha value is -1.87. The van der Waals surface area contributed by atoms with Crippen LogP contribution in [-0.2, 0) is 6.42 Å². The summed E-state index contributed by atoms with van der Waals surface area (Å²) in [6.45, 7) is 2.03. The molecule has 0 aromatic heterocycles. The Morgan fingerprint density at radius 1 is 1.26 bits per heavy atom. The van der Waals surface area contributed by atoms with Crippen LogP contribution in [0.4, 0.5) is 10.1 Å². The third-order valence-corrected chi connectivity index (χ3v) is 3.00. The SMILES string of the molecule is CCc1cccc(NC(=O)c2ccc(Cl)cc2F)c1. The zero-order valence-corrected chi connectivity index (χ0v) is 11.2. The Balaban J connectivity index is 2.20. The Morgan fingerprint density at radius 2 is 2.05 bits per heavy atom. The molecule has 0 spiro atoms. The fourth-order valence-corrected chi connectivity index (χ4v) is 1.90. The van der Waals surface area contributed by atoms with E-state index >= 15 is 0 Å². The molecule has 0 aliphatic rings. The van der Waals surface area contributed by atoms with Gasteiger partial charge in [-0.15, -0.1) is 0 Å². The highest BCUT2D eigenvalue weighted by molar-refractivity contribution is 6.30. The van der Waals surface area contributed by atoms with E-state index in [1.807, 2.05) is 25.1 Å². The lowest BCUT2D eigenvalue weighted by Crippen LogP contribution is -2.13. The largest absolute Gasteiger partial charge is 0.322 e. The number of hydrogen-bond donors (Lipinski definition) is 1. The number of amides is 1. The number of nitrogens with one attached hydrogen (secondary N) is 1. The van der Waals surface area contributed by atoms with Gasteiger partial charge in [0.1, 0.15) is 5.82 Å². The average molecular weight is 278 g/mol. The minimum atomic E-state index is -0.628. The summed E-state index contributed by atoms with van der Waals surface area (Å²) in [6.07, 6.45) is 0.874. The van der Waals surface area contributed by atoms with Crippen molar-refractivity contribution in [2.75, 3.05) is 5.32 Å². The van der Waals surface area contributed by atoms with Crippen LogP contribution < -0.4 is 5.32 Å². The second kappa shape index (κ2) is 5.85. The van der Waals surface area contributed by atoms with Crippen LogP contribution >= 0.6 is 11.6 Å². The molecule has 0 heterocycles. The molecule has 0 unspecified atom stereocenters. The highest BCUT2D eigenvalue weighted by atomic mass is 35.5. The molecule has 1 amide bonds. The number of hydrogen-bond acceptors (Lipinski definition) is 1. The quantitative estimate of drug-likeness (QED) is 0.891. The van der Waals surface area contributed by atoms with Gasteiger partial charge in [0.2, 0.25) is 0 Å². The molecule has 0 fully saturated rings. The van der Waals surface area contributed by atoms with Gasteiger partial charge in [-0.3, -0.25) is 4.79 Å². The van der Waals surface area contributed by atoms with Gasteiger partial charge in [0.25, 0.3) is 5.91 Å². The second-order valence-electron chi connectivity index (χ2n) is 4.13. The molecule has 19 heavy (non-hydrogen) atoms. The Bertz CT molecular complexity index is 613. The van der Waals surface area contributed by atoms with Crippen molar-refractivity contribution in [2.24, 2.45) is 0 Å². The van der Waals surface area contributed by atoms with Gasteiger partial charge in [0.15, 0.2) is 0 Å². The third kappa shape index (κ3) is 3.32. The Morgan fingerprint density at radius 3 is 2.74 bits per heavy atom. The molecular weight excluding hydrogens is 265 g/mol. The van der Waals surface area contributed by atoms with Gasteiger partial charge >= 0.3 is 0 Å². The van der Waals surface area contributed by atoms with Gasteiger partial charge < -0.3 is 5.32 Å². The highest BCUT2D eigenvalue weighted by Crippen LogP contribution is 2.17. The van der Waals surface area contributed by atoms with Gasteiger partial charge in [-0.25, -0.2) is 4.39 Å². The molecule has 0 aliphatic heterocycles. The lowest BCUT2D eigenvalue weighted by molar-refractivity contribution is 0.102. The maximum atomic E-state index is 13.6. The summed E-state index contributed by atoms with van der Waals surface area (Å²) in [6, 6.07) is 11.4. The number of anilines is 1. The first-order valence-electron chi connectivity index (χ1n) is 5.95. The molecule has 0 bridgehead atoms. The second-order valence-corrected chi connectivity index (χ2v) is 4.57. The topological polar surface area (TPSA) is 29.1 Å². The van der Waals surface area contributed by atoms with Crippen molar-refractivity contribution in [3.8, 4) is 0 Å². The van der Waals surface area contributed by atoms with Crippen LogP contribution in [0, 0.1) is 5.82 Å². The van der Waals surface area contributed by atoms with E-state index in [1.54, 1.807) is 6.07 Å². The van der Waals surface area contributed by atoms with Crippen LogP contribution in [-0.4, -0.2) is 5.91 Å². The summed E-state index contributed by atoms with van der Waals surface area (Å²) >= 11 is 5.65. The van der Waals surface area contributed by atoms with E-state index in [2.05, 4.69) is 5.32 Å². The van der Waals surface area contributed by atoms with E-state index < -0.39 is 11.7 Å². The van der Waals surface area contributed by atoms with Crippen LogP contribution in [0.25, 0.3) is 0 Å². The summed E-state index contributed by atoms with van der Waals surface area (Å²) in [5, 5.41) is 2.94. The van der Waals surface area contributed by atoms with E-state index in [-0.39, 0.29) is 10.6 Å². The summed E-state index contributed by atoms with van der Waals surface area (Å²) in [4.78, 5) is 12.0. The lowest BCUT2D eigenvalue weighted by atomic mass is 10.1. The number of halogens is 2. The first-order chi connectivity index (χ1) is 9.10. The number of aryl methyl sites for hydroxylation is 1. The van der Waals surface area contributed by atoms with Crippen LogP contribution in [0.2, 0.25) is 5.02 Å². The monoisotopic (exact) mass is 277 g/mol. The van der Waals surface area contributed by atoms with Gasteiger partial charge in [0.05, 0.1) is 5.56 Å². The van der Waals surface area contributed by atoms with E-state index in [4.69, 9.17) is 11.6 Å².